The van der Waals surface area contributed by atoms with Gasteiger partial charge in [-0.3, -0.25) is 0 Å². The second-order valence-corrected chi connectivity index (χ2v) is 3.23. The van der Waals surface area contributed by atoms with E-state index in [0.29, 0.717) is 6.42 Å². The molecule has 80 valence electrons. The second kappa shape index (κ2) is 5.09. The van der Waals surface area contributed by atoms with Gasteiger partial charge in [0.1, 0.15) is 6.10 Å². The first-order valence-electron chi connectivity index (χ1n) is 4.00. The van der Waals surface area contributed by atoms with E-state index in [1.54, 1.807) is 0 Å². The molecule has 0 aromatic rings. The summed E-state index contributed by atoms with van der Waals surface area (Å²) in [6.45, 7) is -0.102. The fourth-order valence-electron chi connectivity index (χ4n) is 1.68. The number of aliphatic hydroxyl groups is 4. The highest BCUT2D eigenvalue weighted by Gasteiger charge is 2.46. The largest absolute Gasteiger partial charge is 0.396 e. The van der Waals surface area contributed by atoms with Crippen LogP contribution in [0.15, 0.2) is 0 Å². The molecular weight excluding hydrogens is 198 g/mol. The molecule has 1 saturated carbocycles. The minimum absolute atomic E-state index is 0. The highest BCUT2D eigenvalue weighted by molar-refractivity contribution is 5.85. The molecule has 1 fully saturated rings. The summed E-state index contributed by atoms with van der Waals surface area (Å²) in [5.41, 5.74) is 5.51. The van der Waals surface area contributed by atoms with E-state index in [9.17, 15) is 15.3 Å². The van der Waals surface area contributed by atoms with Crippen molar-refractivity contribution in [3.05, 3.63) is 0 Å². The Balaban J connectivity index is 0.00000144. The zero-order valence-corrected chi connectivity index (χ0v) is 7.89. The van der Waals surface area contributed by atoms with Crippen LogP contribution in [0.25, 0.3) is 0 Å². The zero-order chi connectivity index (χ0) is 9.30. The summed E-state index contributed by atoms with van der Waals surface area (Å²) in [5.74, 6) is -0.417. The Labute approximate surface area is 82.6 Å². The Morgan fingerprint density at radius 2 is 1.54 bits per heavy atom. The molecule has 0 saturated heterocycles. The molecule has 0 amide bonds. The Kier molecular flexibility index (Phi) is 5.13. The van der Waals surface area contributed by atoms with Gasteiger partial charge in [0, 0.05) is 18.6 Å². The molecular formula is C7H16ClNO4. The monoisotopic (exact) mass is 213 g/mol. The second-order valence-electron chi connectivity index (χ2n) is 3.23. The van der Waals surface area contributed by atoms with Crippen LogP contribution in [0.3, 0.4) is 0 Å². The molecule has 5 nitrogen and oxygen atoms in total. The minimum atomic E-state index is -1.18. The number of hydrogen-bond donors (Lipinski definition) is 5. The Morgan fingerprint density at radius 1 is 1.00 bits per heavy atom. The lowest BCUT2D eigenvalue weighted by atomic mass is 9.98. The number of rotatable bonds is 2. The van der Waals surface area contributed by atoms with Crippen LogP contribution in [-0.2, 0) is 0 Å². The van der Waals surface area contributed by atoms with E-state index in [2.05, 4.69) is 0 Å². The SMILES string of the molecule is Cl.N[C@H]1[C@@H](O)[C@@H](O)[C@H](O)[C@@H]1CCO. The average molecular weight is 214 g/mol. The van der Waals surface area contributed by atoms with Crippen molar-refractivity contribution in [2.24, 2.45) is 11.7 Å². The van der Waals surface area contributed by atoms with E-state index in [1.165, 1.54) is 0 Å². The van der Waals surface area contributed by atoms with Crippen molar-refractivity contribution in [1.29, 1.82) is 0 Å². The first-order chi connectivity index (χ1) is 5.59. The smallest absolute Gasteiger partial charge is 0.108 e. The molecule has 0 radical (unpaired) electrons. The quantitative estimate of drug-likeness (QED) is 0.359. The van der Waals surface area contributed by atoms with Crippen molar-refractivity contribution in [3.63, 3.8) is 0 Å². The molecule has 0 bridgehead atoms. The molecule has 1 rings (SSSR count). The average Bonchev–Trinajstić information content (AvgIpc) is 2.23. The predicted molar refractivity (Wildman–Crippen MR) is 48.4 cm³/mol. The molecule has 0 aromatic heterocycles. The molecule has 5 atom stereocenters. The highest BCUT2D eigenvalue weighted by Crippen LogP contribution is 2.28. The molecule has 1 aliphatic rings. The molecule has 0 spiro atoms. The number of nitrogens with two attached hydrogens (primary N) is 1. The van der Waals surface area contributed by atoms with E-state index >= 15 is 0 Å². The maximum absolute atomic E-state index is 9.33. The summed E-state index contributed by atoms with van der Waals surface area (Å²) >= 11 is 0. The highest BCUT2D eigenvalue weighted by atomic mass is 35.5. The molecule has 0 heterocycles. The van der Waals surface area contributed by atoms with Gasteiger partial charge < -0.3 is 26.2 Å². The van der Waals surface area contributed by atoms with Crippen molar-refractivity contribution in [2.45, 2.75) is 30.8 Å². The summed E-state index contributed by atoms with van der Waals surface area (Å²) < 4.78 is 0. The van der Waals surface area contributed by atoms with Crippen molar-refractivity contribution < 1.29 is 20.4 Å². The molecule has 0 aromatic carbocycles. The van der Waals surface area contributed by atoms with Crippen LogP contribution in [-0.4, -0.2) is 51.4 Å². The lowest BCUT2D eigenvalue weighted by molar-refractivity contribution is -0.0282. The fraction of sp³-hybridized carbons (Fsp3) is 1.00. The van der Waals surface area contributed by atoms with E-state index in [0.717, 1.165) is 0 Å². The molecule has 6 heteroatoms. The van der Waals surface area contributed by atoms with Crippen LogP contribution >= 0.6 is 12.4 Å². The normalized spacial score (nSPS) is 44.5. The fourth-order valence-corrected chi connectivity index (χ4v) is 1.68. The van der Waals surface area contributed by atoms with Gasteiger partial charge in [0.15, 0.2) is 0 Å². The Bertz CT molecular complexity index is 145. The maximum Gasteiger partial charge on any atom is 0.108 e. The summed E-state index contributed by atoms with van der Waals surface area (Å²) in [5, 5.41) is 36.3. The van der Waals surface area contributed by atoms with Gasteiger partial charge in [-0.15, -0.1) is 12.4 Å². The lowest BCUT2D eigenvalue weighted by Crippen LogP contribution is -2.38. The van der Waals surface area contributed by atoms with E-state index in [-0.39, 0.29) is 19.0 Å². The molecule has 13 heavy (non-hydrogen) atoms. The summed E-state index contributed by atoms with van der Waals surface area (Å²) in [6.07, 6.45) is -2.99. The van der Waals surface area contributed by atoms with E-state index in [1.807, 2.05) is 0 Å². The van der Waals surface area contributed by atoms with Crippen molar-refractivity contribution in [2.75, 3.05) is 6.61 Å². The minimum Gasteiger partial charge on any atom is -0.396 e. The van der Waals surface area contributed by atoms with Crippen molar-refractivity contribution in [3.8, 4) is 0 Å². The number of aliphatic hydroxyl groups excluding tert-OH is 4. The topological polar surface area (TPSA) is 107 Å². The first-order valence-corrected chi connectivity index (χ1v) is 4.00. The molecule has 1 aliphatic carbocycles. The van der Waals surface area contributed by atoms with Gasteiger partial charge in [-0.1, -0.05) is 0 Å². The van der Waals surface area contributed by atoms with Gasteiger partial charge in [-0.05, 0) is 6.42 Å². The maximum atomic E-state index is 9.33. The summed E-state index contributed by atoms with van der Waals surface area (Å²) in [7, 11) is 0. The number of halogens is 1. The third-order valence-corrected chi connectivity index (χ3v) is 2.49. The van der Waals surface area contributed by atoms with Gasteiger partial charge >= 0.3 is 0 Å². The van der Waals surface area contributed by atoms with Gasteiger partial charge in [0.2, 0.25) is 0 Å². The predicted octanol–water partition coefficient (Wildman–Crippen LogP) is -2.17. The standard InChI is InChI=1S/C7H15NO4.ClH/c8-4-3(1-2-9)5(10)7(12)6(4)11;/h3-7,9-12H,1-2,8H2;1H/t3-,4-,5-,6-,7+;/m1./s1. The van der Waals surface area contributed by atoms with Crippen molar-refractivity contribution in [1.82, 2.24) is 0 Å². The van der Waals surface area contributed by atoms with Gasteiger partial charge in [0.05, 0.1) is 12.2 Å². The van der Waals surface area contributed by atoms with Crippen LogP contribution < -0.4 is 5.73 Å². The van der Waals surface area contributed by atoms with E-state index < -0.39 is 30.3 Å². The first kappa shape index (κ1) is 13.1. The van der Waals surface area contributed by atoms with Gasteiger partial charge in [-0.2, -0.15) is 0 Å². The number of hydrogen-bond acceptors (Lipinski definition) is 5. The summed E-state index contributed by atoms with van der Waals surface area (Å²) in [6, 6.07) is -0.651. The van der Waals surface area contributed by atoms with Crippen LogP contribution in [0.5, 0.6) is 0 Å². The molecule has 0 aliphatic heterocycles. The third-order valence-electron chi connectivity index (χ3n) is 2.49. The third kappa shape index (κ3) is 2.31. The zero-order valence-electron chi connectivity index (χ0n) is 7.08. The summed E-state index contributed by atoms with van der Waals surface area (Å²) in [4.78, 5) is 0. The Morgan fingerprint density at radius 3 is 1.85 bits per heavy atom. The van der Waals surface area contributed by atoms with Gasteiger partial charge in [-0.25, -0.2) is 0 Å². The lowest BCUT2D eigenvalue weighted by Gasteiger charge is -2.17. The van der Waals surface area contributed by atoms with Crippen LogP contribution in [0, 0.1) is 5.92 Å². The van der Waals surface area contributed by atoms with Crippen LogP contribution in [0.1, 0.15) is 6.42 Å². The van der Waals surface area contributed by atoms with Crippen molar-refractivity contribution >= 4 is 12.4 Å². The van der Waals surface area contributed by atoms with Gasteiger partial charge in [0.25, 0.3) is 0 Å². The van der Waals surface area contributed by atoms with Crippen LogP contribution in [0.2, 0.25) is 0 Å². The molecule has 0 unspecified atom stereocenters. The van der Waals surface area contributed by atoms with E-state index in [4.69, 9.17) is 10.8 Å². The Hall–Kier alpha value is 0.0900. The van der Waals surface area contributed by atoms with Crippen LogP contribution in [0.4, 0.5) is 0 Å². The molecule has 6 N–H and O–H groups in total.